The van der Waals surface area contributed by atoms with E-state index in [0.717, 1.165) is 24.4 Å². The summed E-state index contributed by atoms with van der Waals surface area (Å²) in [5.41, 5.74) is 0.911. The smallest absolute Gasteiger partial charge is 0.250 e. The van der Waals surface area contributed by atoms with Gasteiger partial charge in [-0.2, -0.15) is 10.2 Å². The zero-order valence-corrected chi connectivity index (χ0v) is 13.8. The molecule has 0 bridgehead atoms. The van der Waals surface area contributed by atoms with E-state index >= 15 is 0 Å². The molecule has 2 aromatic rings. The lowest BCUT2D eigenvalue weighted by Gasteiger charge is -2.19. The number of hydrogen-bond acceptors (Lipinski definition) is 3. The van der Waals surface area contributed by atoms with Crippen LogP contribution in [0.1, 0.15) is 57.8 Å². The van der Waals surface area contributed by atoms with Crippen molar-refractivity contribution >= 4 is 11.7 Å². The zero-order chi connectivity index (χ0) is 16.1. The molecular weight excluding hydrogens is 278 g/mol. The van der Waals surface area contributed by atoms with Crippen molar-refractivity contribution in [3.8, 4) is 0 Å². The highest BCUT2D eigenvalue weighted by Crippen LogP contribution is 2.23. The largest absolute Gasteiger partial charge is 0.309 e. The summed E-state index contributed by atoms with van der Waals surface area (Å²) < 4.78 is 3.63. The van der Waals surface area contributed by atoms with Gasteiger partial charge in [-0.3, -0.25) is 9.48 Å². The molecule has 6 heteroatoms. The molecule has 0 saturated heterocycles. The third-order valence-electron chi connectivity index (χ3n) is 3.93. The van der Waals surface area contributed by atoms with E-state index in [1.807, 2.05) is 36.9 Å². The van der Waals surface area contributed by atoms with E-state index in [2.05, 4.69) is 29.4 Å². The van der Waals surface area contributed by atoms with Gasteiger partial charge in [-0.15, -0.1) is 0 Å². The summed E-state index contributed by atoms with van der Waals surface area (Å²) in [6.45, 7) is 8.19. The maximum atomic E-state index is 12.6. The summed E-state index contributed by atoms with van der Waals surface area (Å²) in [7, 11) is 0. The minimum absolute atomic E-state index is 0.0571. The van der Waals surface area contributed by atoms with Crippen LogP contribution in [0.25, 0.3) is 0 Å². The molecule has 0 saturated carbocycles. The van der Waals surface area contributed by atoms with Gasteiger partial charge in [0.05, 0.1) is 11.7 Å². The quantitative estimate of drug-likeness (QED) is 0.853. The Kier molecular flexibility index (Phi) is 5.35. The van der Waals surface area contributed by atoms with Crippen LogP contribution in [0, 0.1) is 6.92 Å². The summed E-state index contributed by atoms with van der Waals surface area (Å²) in [4.78, 5) is 12.6. The Morgan fingerprint density at radius 2 is 2.00 bits per heavy atom. The van der Waals surface area contributed by atoms with E-state index in [1.54, 1.807) is 10.9 Å². The fourth-order valence-corrected chi connectivity index (χ4v) is 2.69. The molecular formula is C16H25N5O. The van der Waals surface area contributed by atoms with E-state index in [4.69, 9.17) is 0 Å². The molecule has 0 aromatic carbocycles. The average Bonchev–Trinajstić information content (AvgIpc) is 3.12. The van der Waals surface area contributed by atoms with Gasteiger partial charge in [0.25, 0.3) is 0 Å². The maximum absolute atomic E-state index is 12.6. The highest BCUT2D eigenvalue weighted by atomic mass is 16.2. The number of carbonyl (C=O) groups excluding carboxylic acids is 1. The molecule has 1 N–H and O–H groups in total. The predicted octanol–water partition coefficient (Wildman–Crippen LogP) is 3.34. The van der Waals surface area contributed by atoms with Crippen molar-refractivity contribution in [2.24, 2.45) is 0 Å². The number of aryl methyl sites for hydroxylation is 1. The molecule has 120 valence electrons. The number of anilines is 1. The standard InChI is InChI=1S/C16H25N5O/c1-5-13(6-2)21-15(11-12(4)19-21)18-16(22)14(7-3)20-10-8-9-17-20/h8-11,13-14H,5-7H2,1-4H3,(H,18,22)/t14-/m0/s1. The van der Waals surface area contributed by atoms with Crippen molar-refractivity contribution in [3.05, 3.63) is 30.2 Å². The van der Waals surface area contributed by atoms with Gasteiger partial charge in [0.1, 0.15) is 11.9 Å². The summed E-state index contributed by atoms with van der Waals surface area (Å²) in [6.07, 6.45) is 6.16. The van der Waals surface area contributed by atoms with Gasteiger partial charge in [-0.25, -0.2) is 4.68 Å². The Labute approximate surface area is 131 Å². The molecule has 1 amide bonds. The lowest BCUT2D eigenvalue weighted by Crippen LogP contribution is -2.27. The van der Waals surface area contributed by atoms with Crippen LogP contribution in [-0.4, -0.2) is 25.5 Å². The molecule has 0 aliphatic rings. The van der Waals surface area contributed by atoms with Gasteiger partial charge < -0.3 is 5.32 Å². The minimum Gasteiger partial charge on any atom is -0.309 e. The number of hydrogen-bond donors (Lipinski definition) is 1. The molecule has 2 heterocycles. The summed E-state index contributed by atoms with van der Waals surface area (Å²) in [6, 6.07) is 3.75. The van der Waals surface area contributed by atoms with Gasteiger partial charge in [0, 0.05) is 18.5 Å². The van der Waals surface area contributed by atoms with Crippen LogP contribution >= 0.6 is 0 Å². The minimum atomic E-state index is -0.305. The lowest BCUT2D eigenvalue weighted by molar-refractivity contribution is -0.119. The first kappa shape index (κ1) is 16.3. The molecule has 0 unspecified atom stereocenters. The highest BCUT2D eigenvalue weighted by Gasteiger charge is 2.21. The first-order valence-electron chi connectivity index (χ1n) is 7.96. The van der Waals surface area contributed by atoms with Crippen LogP contribution in [0.15, 0.2) is 24.5 Å². The van der Waals surface area contributed by atoms with Gasteiger partial charge in [-0.05, 0) is 32.3 Å². The van der Waals surface area contributed by atoms with E-state index in [9.17, 15) is 4.79 Å². The number of nitrogens with one attached hydrogen (secondary N) is 1. The second kappa shape index (κ2) is 7.24. The lowest BCUT2D eigenvalue weighted by atomic mass is 10.2. The molecule has 0 spiro atoms. The second-order valence-corrected chi connectivity index (χ2v) is 5.49. The van der Waals surface area contributed by atoms with E-state index < -0.39 is 0 Å². The van der Waals surface area contributed by atoms with Gasteiger partial charge >= 0.3 is 0 Å². The summed E-state index contributed by atoms with van der Waals surface area (Å²) >= 11 is 0. The average molecular weight is 303 g/mol. The SMILES string of the molecule is CCC(CC)n1nc(C)cc1NC(=O)[C@H](CC)n1cccn1. The maximum Gasteiger partial charge on any atom is 0.250 e. The fourth-order valence-electron chi connectivity index (χ4n) is 2.69. The molecule has 0 aliphatic heterocycles. The van der Waals surface area contributed by atoms with Crippen molar-refractivity contribution in [2.75, 3.05) is 5.32 Å². The molecule has 2 rings (SSSR count). The number of aromatic nitrogens is 4. The Morgan fingerprint density at radius 1 is 1.27 bits per heavy atom. The van der Waals surface area contributed by atoms with Crippen molar-refractivity contribution in [3.63, 3.8) is 0 Å². The van der Waals surface area contributed by atoms with Crippen molar-refractivity contribution in [2.45, 2.75) is 59.0 Å². The van der Waals surface area contributed by atoms with E-state index in [0.29, 0.717) is 12.5 Å². The first-order valence-corrected chi connectivity index (χ1v) is 7.96. The number of rotatable bonds is 7. The van der Waals surface area contributed by atoms with Crippen LogP contribution in [0.2, 0.25) is 0 Å². The number of nitrogens with zero attached hydrogens (tertiary/aromatic N) is 4. The first-order chi connectivity index (χ1) is 10.6. The van der Waals surface area contributed by atoms with Gasteiger partial charge in [-0.1, -0.05) is 20.8 Å². The number of amides is 1. The van der Waals surface area contributed by atoms with Crippen molar-refractivity contribution in [1.82, 2.24) is 19.6 Å². The summed E-state index contributed by atoms with van der Waals surface area (Å²) in [5.74, 6) is 0.708. The van der Waals surface area contributed by atoms with Gasteiger partial charge in [0.15, 0.2) is 0 Å². The third kappa shape index (κ3) is 3.37. The highest BCUT2D eigenvalue weighted by molar-refractivity contribution is 5.93. The van der Waals surface area contributed by atoms with Crippen molar-refractivity contribution in [1.29, 1.82) is 0 Å². The fraction of sp³-hybridized carbons (Fsp3) is 0.562. The monoisotopic (exact) mass is 303 g/mol. The van der Waals surface area contributed by atoms with Crippen molar-refractivity contribution < 1.29 is 4.79 Å². The Bertz CT molecular complexity index is 598. The zero-order valence-electron chi connectivity index (χ0n) is 13.8. The number of carbonyl (C=O) groups is 1. The molecule has 0 aliphatic carbocycles. The Balaban J connectivity index is 2.21. The molecule has 1 atom stereocenters. The van der Waals surface area contributed by atoms with E-state index in [-0.39, 0.29) is 11.9 Å². The topological polar surface area (TPSA) is 64.7 Å². The van der Waals surface area contributed by atoms with E-state index in [1.165, 1.54) is 0 Å². The molecule has 0 radical (unpaired) electrons. The van der Waals surface area contributed by atoms with Crippen LogP contribution < -0.4 is 5.32 Å². The molecule has 22 heavy (non-hydrogen) atoms. The molecule has 0 fully saturated rings. The second-order valence-electron chi connectivity index (χ2n) is 5.49. The Morgan fingerprint density at radius 3 is 2.55 bits per heavy atom. The van der Waals surface area contributed by atoms with Gasteiger partial charge in [0.2, 0.25) is 5.91 Å². The normalized spacial score (nSPS) is 12.6. The predicted molar refractivity (Wildman–Crippen MR) is 86.8 cm³/mol. The molecule has 6 nitrogen and oxygen atoms in total. The van der Waals surface area contributed by atoms with Crippen LogP contribution in [-0.2, 0) is 4.79 Å². The Hall–Kier alpha value is -2.11. The summed E-state index contributed by atoms with van der Waals surface area (Å²) in [5, 5.41) is 11.7. The van der Waals surface area contributed by atoms with Crippen LogP contribution in [0.5, 0.6) is 0 Å². The van der Waals surface area contributed by atoms with Crippen LogP contribution in [0.3, 0.4) is 0 Å². The molecule has 2 aromatic heterocycles. The van der Waals surface area contributed by atoms with Crippen LogP contribution in [0.4, 0.5) is 5.82 Å². The third-order valence-corrected chi connectivity index (χ3v) is 3.93.